The molecule has 0 unspecified atom stereocenters. The number of rotatable bonds is 8. The van der Waals surface area contributed by atoms with E-state index >= 15 is 0 Å². The molecule has 2 N–H and O–H groups in total. The summed E-state index contributed by atoms with van der Waals surface area (Å²) in [6, 6.07) is 19.4. The number of methoxy groups -OCH3 is 1. The van der Waals surface area contributed by atoms with Crippen molar-refractivity contribution >= 4 is 40.0 Å². The van der Waals surface area contributed by atoms with Gasteiger partial charge in [0.25, 0.3) is 5.91 Å². The number of amides is 2. The van der Waals surface area contributed by atoms with Gasteiger partial charge in [0, 0.05) is 54.9 Å². The molecular weight excluding hydrogens is 528 g/mol. The predicted molar refractivity (Wildman–Crippen MR) is 168 cm³/mol. The first-order chi connectivity index (χ1) is 20.2. The minimum atomic E-state index is -0.467. The van der Waals surface area contributed by atoms with E-state index in [0.717, 1.165) is 48.2 Å². The Bertz CT molecular complexity index is 1550. The standard InChI is InChI=1S/C33H40N6O3/c1-33(2,42-5)22-39(27-10-11-29-26(20-27)15-19-38(29)32(41)34-3)28-12-16-35-30(21-28)36-31(40)25-8-6-23(7-9-25)24-13-17-37(4)18-14-24/h6-12,15-16,19-21,24H,13-14,17-18,22H2,1-5H3,(H,34,41)(H,35,36,40). The van der Waals surface area contributed by atoms with Gasteiger partial charge in [-0.3, -0.25) is 9.36 Å². The van der Waals surface area contributed by atoms with E-state index in [1.807, 2.05) is 62.4 Å². The van der Waals surface area contributed by atoms with E-state index in [4.69, 9.17) is 4.74 Å². The number of piperidine rings is 1. The number of pyridine rings is 1. The smallest absolute Gasteiger partial charge is 0.325 e. The van der Waals surface area contributed by atoms with E-state index < -0.39 is 5.60 Å². The summed E-state index contributed by atoms with van der Waals surface area (Å²) in [5.41, 5.74) is 4.02. The molecule has 0 saturated carbocycles. The van der Waals surface area contributed by atoms with Crippen molar-refractivity contribution in [1.29, 1.82) is 0 Å². The Morgan fingerprint density at radius 3 is 2.43 bits per heavy atom. The molecule has 0 radical (unpaired) electrons. The molecule has 1 saturated heterocycles. The Morgan fingerprint density at radius 2 is 1.74 bits per heavy atom. The third kappa shape index (κ3) is 6.48. The maximum atomic E-state index is 13.2. The van der Waals surface area contributed by atoms with Crippen LogP contribution in [0, 0.1) is 0 Å². The largest absolute Gasteiger partial charge is 0.377 e. The van der Waals surface area contributed by atoms with E-state index in [1.165, 1.54) is 5.56 Å². The van der Waals surface area contributed by atoms with Crippen LogP contribution in [0.1, 0.15) is 48.5 Å². The second-order valence-corrected chi connectivity index (χ2v) is 11.6. The fourth-order valence-electron chi connectivity index (χ4n) is 5.47. The van der Waals surface area contributed by atoms with Gasteiger partial charge in [-0.15, -0.1) is 0 Å². The average Bonchev–Trinajstić information content (AvgIpc) is 3.43. The molecule has 2 aromatic carbocycles. The topological polar surface area (TPSA) is 91.7 Å². The average molecular weight is 569 g/mol. The van der Waals surface area contributed by atoms with E-state index in [0.29, 0.717) is 23.8 Å². The van der Waals surface area contributed by atoms with Crippen LogP contribution >= 0.6 is 0 Å². The van der Waals surface area contributed by atoms with Gasteiger partial charge in [-0.1, -0.05) is 12.1 Å². The molecule has 220 valence electrons. The van der Waals surface area contributed by atoms with Gasteiger partial charge >= 0.3 is 6.03 Å². The number of nitrogens with zero attached hydrogens (tertiary/aromatic N) is 4. The van der Waals surface area contributed by atoms with Crippen molar-refractivity contribution in [3.8, 4) is 0 Å². The van der Waals surface area contributed by atoms with E-state index in [-0.39, 0.29) is 11.9 Å². The molecule has 2 aromatic heterocycles. The lowest BCUT2D eigenvalue weighted by molar-refractivity contribution is 0.0308. The summed E-state index contributed by atoms with van der Waals surface area (Å²) in [5, 5.41) is 6.58. The second kappa shape index (κ2) is 12.3. The lowest BCUT2D eigenvalue weighted by Gasteiger charge is -2.33. The number of nitrogens with one attached hydrogen (secondary N) is 2. The number of hydrogen-bond donors (Lipinski definition) is 2. The highest BCUT2D eigenvalue weighted by molar-refractivity contribution is 6.04. The number of likely N-dealkylation sites (tertiary alicyclic amines) is 1. The summed E-state index contributed by atoms with van der Waals surface area (Å²) in [6.45, 7) is 6.80. The van der Waals surface area contributed by atoms with Crippen molar-refractivity contribution in [2.75, 3.05) is 51.1 Å². The fourth-order valence-corrected chi connectivity index (χ4v) is 5.47. The lowest BCUT2D eigenvalue weighted by Crippen LogP contribution is -2.37. The maximum absolute atomic E-state index is 13.2. The third-order valence-corrected chi connectivity index (χ3v) is 8.17. The van der Waals surface area contributed by atoms with E-state index in [2.05, 4.69) is 44.6 Å². The van der Waals surface area contributed by atoms with Crippen LogP contribution in [0.15, 0.2) is 73.1 Å². The van der Waals surface area contributed by atoms with Crippen LogP contribution in [-0.4, -0.2) is 72.8 Å². The first-order valence-electron chi connectivity index (χ1n) is 14.4. The molecule has 4 aromatic rings. The summed E-state index contributed by atoms with van der Waals surface area (Å²) in [7, 11) is 5.47. The highest BCUT2D eigenvalue weighted by Crippen LogP contribution is 2.32. The van der Waals surface area contributed by atoms with Gasteiger partial charge in [0.05, 0.1) is 17.7 Å². The van der Waals surface area contributed by atoms with Crippen molar-refractivity contribution in [3.05, 3.63) is 84.2 Å². The molecule has 9 nitrogen and oxygen atoms in total. The number of hydrogen-bond acceptors (Lipinski definition) is 6. The van der Waals surface area contributed by atoms with Gasteiger partial charge < -0.3 is 25.2 Å². The Kier molecular flexibility index (Phi) is 8.61. The van der Waals surface area contributed by atoms with Gasteiger partial charge in [-0.2, -0.15) is 0 Å². The van der Waals surface area contributed by atoms with Gasteiger partial charge in [-0.25, -0.2) is 9.78 Å². The Hall–Kier alpha value is -4.21. The predicted octanol–water partition coefficient (Wildman–Crippen LogP) is 5.85. The van der Waals surface area contributed by atoms with E-state index in [1.54, 1.807) is 31.1 Å². The first-order valence-corrected chi connectivity index (χ1v) is 14.4. The molecule has 9 heteroatoms. The van der Waals surface area contributed by atoms with Crippen LogP contribution in [0.5, 0.6) is 0 Å². The number of fused-ring (bicyclic) bond motifs is 1. The number of anilines is 3. The monoisotopic (exact) mass is 568 g/mol. The van der Waals surface area contributed by atoms with E-state index in [9.17, 15) is 9.59 Å². The fraction of sp³-hybridized carbons (Fsp3) is 0.364. The molecule has 5 rings (SSSR count). The minimum absolute atomic E-state index is 0.193. The molecule has 1 aliphatic heterocycles. The van der Waals surface area contributed by atoms with Gasteiger partial charge in [0.15, 0.2) is 0 Å². The minimum Gasteiger partial charge on any atom is -0.377 e. The van der Waals surface area contributed by atoms with Crippen molar-refractivity contribution in [2.24, 2.45) is 0 Å². The zero-order valence-corrected chi connectivity index (χ0v) is 25.1. The number of ether oxygens (including phenoxy) is 1. The second-order valence-electron chi connectivity index (χ2n) is 11.6. The number of benzene rings is 2. The lowest BCUT2D eigenvalue weighted by atomic mass is 9.89. The highest BCUT2D eigenvalue weighted by Gasteiger charge is 2.24. The van der Waals surface area contributed by atoms with Crippen molar-refractivity contribution in [1.82, 2.24) is 19.8 Å². The van der Waals surface area contributed by atoms with Gasteiger partial charge in [-0.05, 0) is 101 Å². The molecule has 1 fully saturated rings. The number of aromatic nitrogens is 2. The molecule has 42 heavy (non-hydrogen) atoms. The Balaban J connectivity index is 1.38. The maximum Gasteiger partial charge on any atom is 0.325 e. The van der Waals surface area contributed by atoms with Gasteiger partial charge in [0.1, 0.15) is 5.82 Å². The molecule has 0 bridgehead atoms. The van der Waals surface area contributed by atoms with Crippen molar-refractivity contribution < 1.29 is 14.3 Å². The normalized spacial score (nSPS) is 14.6. The summed E-state index contributed by atoms with van der Waals surface area (Å²) >= 11 is 0. The first kappa shape index (κ1) is 29.3. The quantitative estimate of drug-likeness (QED) is 0.277. The van der Waals surface area contributed by atoms with Crippen molar-refractivity contribution in [2.45, 2.75) is 38.2 Å². The van der Waals surface area contributed by atoms with Crippen molar-refractivity contribution in [3.63, 3.8) is 0 Å². The van der Waals surface area contributed by atoms with Crippen LogP contribution < -0.4 is 15.5 Å². The summed E-state index contributed by atoms with van der Waals surface area (Å²) in [5.74, 6) is 0.805. The van der Waals surface area contributed by atoms with Gasteiger partial charge in [0.2, 0.25) is 0 Å². The molecule has 0 aliphatic carbocycles. The molecule has 2 amide bonds. The molecule has 1 aliphatic rings. The number of carbonyl (C=O) groups is 2. The highest BCUT2D eigenvalue weighted by atomic mass is 16.5. The van der Waals surface area contributed by atoms with Crippen LogP contribution in [0.25, 0.3) is 10.9 Å². The summed E-state index contributed by atoms with van der Waals surface area (Å²) in [4.78, 5) is 34.4. The summed E-state index contributed by atoms with van der Waals surface area (Å²) < 4.78 is 7.36. The SMILES string of the molecule is CNC(=O)n1ccc2cc(N(CC(C)(C)OC)c3ccnc(NC(=O)c4ccc(C5CCN(C)CC5)cc4)c3)ccc21. The molecule has 0 spiro atoms. The number of carbonyl (C=O) groups excluding carboxylic acids is 2. The Morgan fingerprint density at radius 1 is 1.02 bits per heavy atom. The Labute approximate surface area is 247 Å². The molecule has 0 atom stereocenters. The molecular formula is C33H40N6O3. The zero-order chi connectivity index (χ0) is 29.9. The van der Waals surface area contributed by atoms with Crippen LogP contribution in [-0.2, 0) is 4.74 Å². The van der Waals surface area contributed by atoms with Crippen LogP contribution in [0.2, 0.25) is 0 Å². The summed E-state index contributed by atoms with van der Waals surface area (Å²) in [6.07, 6.45) is 5.74. The molecule has 3 heterocycles. The van der Waals surface area contributed by atoms with Crippen LogP contribution in [0.3, 0.4) is 0 Å². The third-order valence-electron chi connectivity index (χ3n) is 8.17. The van der Waals surface area contributed by atoms with Crippen LogP contribution in [0.4, 0.5) is 22.0 Å². The zero-order valence-electron chi connectivity index (χ0n) is 25.1.